The summed E-state index contributed by atoms with van der Waals surface area (Å²) in [6.07, 6.45) is 9.89. The van der Waals surface area contributed by atoms with E-state index in [1.165, 1.54) is 12.8 Å². The summed E-state index contributed by atoms with van der Waals surface area (Å²) in [4.78, 5) is 10.2. The van der Waals surface area contributed by atoms with Crippen LogP contribution in [0.5, 0.6) is 0 Å². The van der Waals surface area contributed by atoms with Crippen LogP contribution in [0, 0.1) is 17.8 Å². The Kier molecular flexibility index (Phi) is 7.11. The van der Waals surface area contributed by atoms with Gasteiger partial charge in [-0.1, -0.05) is 39.7 Å². The summed E-state index contributed by atoms with van der Waals surface area (Å²) in [6, 6.07) is 0. The summed E-state index contributed by atoms with van der Waals surface area (Å²) in [5.74, 6) is 1.43. The molecule has 0 heterocycles. The number of hydrogen-bond donors (Lipinski definition) is 0. The van der Waals surface area contributed by atoms with E-state index in [4.69, 9.17) is 0 Å². The molecule has 0 bridgehead atoms. The van der Waals surface area contributed by atoms with Crippen LogP contribution in [0.3, 0.4) is 0 Å². The van der Waals surface area contributed by atoms with Crippen LogP contribution in [0.1, 0.15) is 58.8 Å². The SMILES string of the molecule is C=C(F)C(=O)OCCC.CCC1CCC2CCCC12. The zero-order valence-corrected chi connectivity index (χ0v) is 12.3. The molecular weight excluding hydrogens is 243 g/mol. The van der Waals surface area contributed by atoms with Gasteiger partial charge < -0.3 is 4.74 Å². The summed E-state index contributed by atoms with van der Waals surface area (Å²) < 4.78 is 16.1. The highest BCUT2D eigenvalue weighted by molar-refractivity contribution is 5.85. The molecule has 0 amide bonds. The van der Waals surface area contributed by atoms with Gasteiger partial charge >= 0.3 is 5.97 Å². The molecule has 2 aliphatic carbocycles. The van der Waals surface area contributed by atoms with Gasteiger partial charge in [0.05, 0.1) is 6.61 Å². The van der Waals surface area contributed by atoms with E-state index in [-0.39, 0.29) is 6.61 Å². The van der Waals surface area contributed by atoms with Gasteiger partial charge in [0.15, 0.2) is 0 Å². The third kappa shape index (κ3) is 4.96. The molecule has 3 unspecified atom stereocenters. The van der Waals surface area contributed by atoms with Crippen molar-refractivity contribution >= 4 is 5.97 Å². The predicted molar refractivity (Wildman–Crippen MR) is 75.3 cm³/mol. The summed E-state index contributed by atoms with van der Waals surface area (Å²) in [7, 11) is 0. The van der Waals surface area contributed by atoms with Gasteiger partial charge in [-0.3, -0.25) is 0 Å². The first kappa shape index (κ1) is 16.2. The van der Waals surface area contributed by atoms with Gasteiger partial charge in [0.1, 0.15) is 0 Å². The zero-order valence-electron chi connectivity index (χ0n) is 12.3. The Morgan fingerprint density at radius 1 is 1.26 bits per heavy atom. The highest BCUT2D eigenvalue weighted by atomic mass is 19.1. The van der Waals surface area contributed by atoms with Crippen molar-refractivity contribution < 1.29 is 13.9 Å². The van der Waals surface area contributed by atoms with E-state index in [1.54, 1.807) is 25.7 Å². The monoisotopic (exact) mass is 270 g/mol. The number of rotatable bonds is 4. The molecule has 3 atom stereocenters. The lowest BCUT2D eigenvalue weighted by atomic mass is 9.90. The van der Waals surface area contributed by atoms with Crippen molar-refractivity contribution in [2.24, 2.45) is 17.8 Å². The van der Waals surface area contributed by atoms with Gasteiger partial charge in [0.25, 0.3) is 0 Å². The second-order valence-corrected chi connectivity index (χ2v) is 5.64. The minimum absolute atomic E-state index is 0.252. The molecule has 0 aromatic heterocycles. The molecule has 19 heavy (non-hydrogen) atoms. The first-order valence-corrected chi connectivity index (χ1v) is 7.61. The zero-order chi connectivity index (χ0) is 14.3. The van der Waals surface area contributed by atoms with E-state index in [0.29, 0.717) is 6.42 Å². The fraction of sp³-hybridized carbons (Fsp3) is 0.812. The smallest absolute Gasteiger partial charge is 0.366 e. The molecule has 0 spiro atoms. The minimum Gasteiger partial charge on any atom is -0.460 e. The Morgan fingerprint density at radius 2 is 2.00 bits per heavy atom. The van der Waals surface area contributed by atoms with Crippen molar-refractivity contribution in [1.82, 2.24) is 0 Å². The quantitative estimate of drug-likeness (QED) is 0.549. The first-order valence-electron chi connectivity index (χ1n) is 7.61. The highest BCUT2D eigenvalue weighted by Crippen LogP contribution is 2.48. The molecule has 0 radical (unpaired) electrons. The summed E-state index contributed by atoms with van der Waals surface area (Å²) in [5, 5.41) is 0. The van der Waals surface area contributed by atoms with E-state index in [0.717, 1.165) is 17.8 Å². The number of carbonyl (C=O) groups is 1. The van der Waals surface area contributed by atoms with Crippen LogP contribution in [0.15, 0.2) is 12.4 Å². The van der Waals surface area contributed by atoms with Crippen molar-refractivity contribution in [2.75, 3.05) is 6.61 Å². The fourth-order valence-corrected chi connectivity index (χ4v) is 3.47. The van der Waals surface area contributed by atoms with Crippen molar-refractivity contribution in [3.63, 3.8) is 0 Å². The number of carbonyl (C=O) groups excluding carboxylic acids is 1. The lowest BCUT2D eigenvalue weighted by Gasteiger charge is -2.15. The van der Waals surface area contributed by atoms with Crippen LogP contribution < -0.4 is 0 Å². The summed E-state index contributed by atoms with van der Waals surface area (Å²) in [6.45, 7) is 7.21. The molecule has 2 aliphatic rings. The van der Waals surface area contributed by atoms with Gasteiger partial charge in [-0.2, -0.15) is 4.39 Å². The maximum absolute atomic E-state index is 11.7. The lowest BCUT2D eigenvalue weighted by molar-refractivity contribution is -0.140. The fourth-order valence-electron chi connectivity index (χ4n) is 3.47. The van der Waals surface area contributed by atoms with E-state index in [1.807, 2.05) is 6.92 Å². The van der Waals surface area contributed by atoms with Gasteiger partial charge in [0.2, 0.25) is 5.83 Å². The Labute approximate surface area is 116 Å². The second-order valence-electron chi connectivity index (χ2n) is 5.64. The molecule has 0 saturated heterocycles. The molecular formula is C16H27FO2. The topological polar surface area (TPSA) is 26.3 Å². The van der Waals surface area contributed by atoms with Crippen LogP contribution in [0.2, 0.25) is 0 Å². The van der Waals surface area contributed by atoms with Gasteiger partial charge in [-0.25, -0.2) is 4.79 Å². The van der Waals surface area contributed by atoms with Crippen LogP contribution in [0.25, 0.3) is 0 Å². The average molecular weight is 270 g/mol. The standard InChI is InChI=1S/C10H18.C6H9FO2/c1-2-8-6-7-9-4-3-5-10(8)9;1-3-4-9-6(8)5(2)7/h8-10H,2-7H2,1H3;2-4H2,1H3. The largest absolute Gasteiger partial charge is 0.460 e. The molecule has 2 fully saturated rings. The lowest BCUT2D eigenvalue weighted by Crippen LogP contribution is -2.07. The first-order chi connectivity index (χ1) is 9.10. The number of esters is 1. The van der Waals surface area contributed by atoms with E-state index < -0.39 is 11.8 Å². The van der Waals surface area contributed by atoms with Crippen LogP contribution in [-0.2, 0) is 9.53 Å². The molecule has 3 heteroatoms. The molecule has 0 N–H and O–H groups in total. The van der Waals surface area contributed by atoms with Gasteiger partial charge in [-0.05, 0) is 43.4 Å². The normalized spacial score (nSPS) is 28.3. The van der Waals surface area contributed by atoms with Crippen molar-refractivity contribution in [3.8, 4) is 0 Å². The minimum atomic E-state index is -1.04. The van der Waals surface area contributed by atoms with Crippen LogP contribution in [-0.4, -0.2) is 12.6 Å². The van der Waals surface area contributed by atoms with Gasteiger partial charge in [-0.15, -0.1) is 0 Å². The van der Waals surface area contributed by atoms with Crippen LogP contribution >= 0.6 is 0 Å². The Balaban J connectivity index is 0.000000192. The molecule has 2 rings (SSSR count). The maximum atomic E-state index is 11.7. The molecule has 110 valence electrons. The van der Waals surface area contributed by atoms with Crippen LogP contribution in [0.4, 0.5) is 4.39 Å². The van der Waals surface area contributed by atoms with Gasteiger partial charge in [0, 0.05) is 0 Å². The predicted octanol–water partition coefficient (Wildman–Crippen LogP) is 4.65. The number of ether oxygens (including phenoxy) is 1. The molecule has 0 aromatic carbocycles. The Morgan fingerprint density at radius 3 is 2.58 bits per heavy atom. The Bertz CT molecular complexity index is 301. The summed E-state index contributed by atoms with van der Waals surface area (Å²) >= 11 is 0. The molecule has 0 aliphatic heterocycles. The highest BCUT2D eigenvalue weighted by Gasteiger charge is 2.37. The third-order valence-corrected chi connectivity index (χ3v) is 4.41. The molecule has 2 nitrogen and oxygen atoms in total. The third-order valence-electron chi connectivity index (χ3n) is 4.41. The summed E-state index contributed by atoms with van der Waals surface area (Å²) in [5.41, 5.74) is 0. The van der Waals surface area contributed by atoms with E-state index in [9.17, 15) is 9.18 Å². The number of hydrogen-bond acceptors (Lipinski definition) is 2. The van der Waals surface area contributed by atoms with Crippen molar-refractivity contribution in [1.29, 1.82) is 0 Å². The van der Waals surface area contributed by atoms with E-state index in [2.05, 4.69) is 18.2 Å². The second kappa shape index (κ2) is 8.34. The molecule has 2 saturated carbocycles. The van der Waals surface area contributed by atoms with Crippen molar-refractivity contribution in [2.45, 2.75) is 58.8 Å². The average Bonchev–Trinajstić information content (AvgIpc) is 2.98. The number of halogens is 1. The number of fused-ring (bicyclic) bond motifs is 1. The van der Waals surface area contributed by atoms with E-state index >= 15 is 0 Å². The Hall–Kier alpha value is -0.860. The molecule has 0 aromatic rings. The maximum Gasteiger partial charge on any atom is 0.366 e. The van der Waals surface area contributed by atoms with Crippen molar-refractivity contribution in [3.05, 3.63) is 12.4 Å².